The summed E-state index contributed by atoms with van der Waals surface area (Å²) >= 11 is 0. The third kappa shape index (κ3) is 3.45. The molecule has 2 rings (SSSR count). The summed E-state index contributed by atoms with van der Waals surface area (Å²) in [7, 11) is 1.47. The first-order valence-electron chi connectivity index (χ1n) is 6.86. The zero-order valence-corrected chi connectivity index (χ0v) is 11.5. The van der Waals surface area contributed by atoms with E-state index in [4.69, 9.17) is 4.74 Å². The molecule has 106 valence electrons. The van der Waals surface area contributed by atoms with E-state index in [1.807, 2.05) is 6.92 Å². The van der Waals surface area contributed by atoms with Gasteiger partial charge in [-0.05, 0) is 43.4 Å². The molecule has 1 aromatic carbocycles. The number of ether oxygens (including phenoxy) is 1. The van der Waals surface area contributed by atoms with Crippen LogP contribution in [0.1, 0.15) is 37.8 Å². The number of aliphatic hydroxyl groups is 1. The van der Waals surface area contributed by atoms with Crippen molar-refractivity contribution >= 4 is 0 Å². The molecule has 3 atom stereocenters. The Morgan fingerprint density at radius 3 is 2.89 bits per heavy atom. The summed E-state index contributed by atoms with van der Waals surface area (Å²) in [6, 6.07) is 5.03. The van der Waals surface area contributed by atoms with Crippen LogP contribution in [0.5, 0.6) is 5.75 Å². The minimum Gasteiger partial charge on any atom is -0.494 e. The summed E-state index contributed by atoms with van der Waals surface area (Å²) in [5.41, 5.74) is 0.991. The van der Waals surface area contributed by atoms with Gasteiger partial charge in [0.05, 0.1) is 13.2 Å². The van der Waals surface area contributed by atoms with E-state index in [2.05, 4.69) is 5.32 Å². The lowest BCUT2D eigenvalue weighted by Gasteiger charge is -2.20. The average molecular weight is 267 g/mol. The van der Waals surface area contributed by atoms with E-state index < -0.39 is 0 Å². The van der Waals surface area contributed by atoms with Crippen LogP contribution in [0.2, 0.25) is 0 Å². The molecule has 0 saturated heterocycles. The topological polar surface area (TPSA) is 41.5 Å². The van der Waals surface area contributed by atoms with Crippen LogP contribution >= 0.6 is 0 Å². The van der Waals surface area contributed by atoms with Crippen molar-refractivity contribution in [2.24, 2.45) is 5.92 Å². The highest BCUT2D eigenvalue weighted by atomic mass is 19.1. The van der Waals surface area contributed by atoms with Crippen LogP contribution < -0.4 is 10.1 Å². The fraction of sp³-hybridized carbons (Fsp3) is 0.600. The maximum absolute atomic E-state index is 13.3. The smallest absolute Gasteiger partial charge is 0.165 e. The van der Waals surface area contributed by atoms with Crippen LogP contribution in [0.15, 0.2) is 18.2 Å². The van der Waals surface area contributed by atoms with E-state index >= 15 is 0 Å². The van der Waals surface area contributed by atoms with E-state index in [-0.39, 0.29) is 23.7 Å². The minimum atomic E-state index is -0.343. The van der Waals surface area contributed by atoms with Crippen molar-refractivity contribution in [3.63, 3.8) is 0 Å². The van der Waals surface area contributed by atoms with Gasteiger partial charge in [0.1, 0.15) is 0 Å². The molecule has 0 amide bonds. The lowest BCUT2D eigenvalue weighted by atomic mass is 10.0. The lowest BCUT2D eigenvalue weighted by molar-refractivity contribution is 0.130. The van der Waals surface area contributed by atoms with Gasteiger partial charge in [0.25, 0.3) is 0 Å². The third-order valence-electron chi connectivity index (χ3n) is 3.98. The second-order valence-electron chi connectivity index (χ2n) is 5.28. The molecule has 0 unspecified atom stereocenters. The van der Waals surface area contributed by atoms with Gasteiger partial charge in [0, 0.05) is 12.6 Å². The fourth-order valence-electron chi connectivity index (χ4n) is 2.65. The van der Waals surface area contributed by atoms with Gasteiger partial charge in [-0.2, -0.15) is 0 Å². The van der Waals surface area contributed by atoms with E-state index in [0.29, 0.717) is 5.92 Å². The van der Waals surface area contributed by atoms with Gasteiger partial charge in [-0.1, -0.05) is 12.5 Å². The summed E-state index contributed by atoms with van der Waals surface area (Å²) in [4.78, 5) is 0. The van der Waals surface area contributed by atoms with Crippen LogP contribution in [0.3, 0.4) is 0 Å². The number of aliphatic hydroxyl groups excluding tert-OH is 1. The molecule has 0 heterocycles. The Hall–Kier alpha value is -1.13. The Kier molecular flexibility index (Phi) is 4.77. The molecule has 3 nitrogen and oxygen atoms in total. The average Bonchev–Trinajstić information content (AvgIpc) is 2.82. The molecule has 1 aliphatic carbocycles. The quantitative estimate of drug-likeness (QED) is 0.861. The number of halogens is 1. The first-order valence-corrected chi connectivity index (χ1v) is 6.86. The first-order chi connectivity index (χ1) is 9.11. The van der Waals surface area contributed by atoms with Gasteiger partial charge in [-0.25, -0.2) is 4.39 Å². The highest BCUT2D eigenvalue weighted by Crippen LogP contribution is 2.26. The predicted molar refractivity (Wildman–Crippen MR) is 72.7 cm³/mol. The first kappa shape index (κ1) is 14.3. The van der Waals surface area contributed by atoms with Crippen LogP contribution in [0, 0.1) is 11.7 Å². The lowest BCUT2D eigenvalue weighted by Crippen LogP contribution is -2.29. The van der Waals surface area contributed by atoms with Gasteiger partial charge in [0.15, 0.2) is 11.6 Å². The van der Waals surface area contributed by atoms with Crippen molar-refractivity contribution in [2.45, 2.75) is 38.3 Å². The number of methoxy groups -OCH3 is 1. The Morgan fingerprint density at radius 2 is 2.26 bits per heavy atom. The minimum absolute atomic E-state index is 0.113. The molecule has 1 aromatic rings. The maximum Gasteiger partial charge on any atom is 0.165 e. The number of hydrogen-bond acceptors (Lipinski definition) is 3. The Balaban J connectivity index is 1.94. The molecule has 19 heavy (non-hydrogen) atoms. The summed E-state index contributed by atoms with van der Waals surface area (Å²) in [5.74, 6) is 0.265. The summed E-state index contributed by atoms with van der Waals surface area (Å²) in [5, 5.41) is 13.2. The van der Waals surface area contributed by atoms with Gasteiger partial charge < -0.3 is 15.2 Å². The normalized spacial score (nSPS) is 24.4. The standard InChI is InChI=1S/C15H22FNO2/c1-10(17-9-12-4-3-5-14(12)18)11-6-7-13(16)15(8-11)19-2/h6-8,10,12,14,17-18H,3-5,9H2,1-2H3/t10-,12-,14-/m0/s1. The molecule has 1 fully saturated rings. The Labute approximate surface area is 113 Å². The third-order valence-corrected chi connectivity index (χ3v) is 3.98. The van der Waals surface area contributed by atoms with Gasteiger partial charge >= 0.3 is 0 Å². The SMILES string of the molecule is COc1cc([C@H](C)NC[C@@H]2CCC[C@@H]2O)ccc1F. The molecular weight excluding hydrogens is 245 g/mol. The van der Waals surface area contributed by atoms with Crippen molar-refractivity contribution < 1.29 is 14.2 Å². The molecule has 0 bridgehead atoms. The molecule has 0 radical (unpaired) electrons. The van der Waals surface area contributed by atoms with Crippen molar-refractivity contribution in [3.8, 4) is 5.75 Å². The number of nitrogens with one attached hydrogen (secondary N) is 1. The molecule has 1 saturated carbocycles. The van der Waals surface area contributed by atoms with Crippen LogP contribution in [-0.2, 0) is 0 Å². The summed E-state index contributed by atoms with van der Waals surface area (Å²) in [6.45, 7) is 2.83. The molecule has 4 heteroatoms. The second-order valence-corrected chi connectivity index (χ2v) is 5.28. The second kappa shape index (κ2) is 6.35. The van der Waals surface area contributed by atoms with Gasteiger partial charge in [-0.15, -0.1) is 0 Å². The number of hydrogen-bond donors (Lipinski definition) is 2. The number of benzene rings is 1. The predicted octanol–water partition coefficient (Wildman–Crippen LogP) is 2.65. The van der Waals surface area contributed by atoms with E-state index in [1.165, 1.54) is 13.2 Å². The summed E-state index contributed by atoms with van der Waals surface area (Å²) < 4.78 is 18.3. The highest BCUT2D eigenvalue weighted by Gasteiger charge is 2.25. The molecule has 2 N–H and O–H groups in total. The van der Waals surface area contributed by atoms with Crippen LogP contribution in [0.4, 0.5) is 4.39 Å². The zero-order chi connectivity index (χ0) is 13.8. The van der Waals surface area contributed by atoms with E-state index in [9.17, 15) is 9.50 Å². The van der Waals surface area contributed by atoms with Crippen molar-refractivity contribution in [1.82, 2.24) is 5.32 Å². The van der Waals surface area contributed by atoms with Crippen molar-refractivity contribution in [1.29, 1.82) is 0 Å². The summed E-state index contributed by atoms with van der Waals surface area (Å²) in [6.07, 6.45) is 2.91. The van der Waals surface area contributed by atoms with E-state index in [0.717, 1.165) is 31.4 Å². The van der Waals surface area contributed by atoms with Gasteiger partial charge in [0.2, 0.25) is 0 Å². The Morgan fingerprint density at radius 1 is 1.47 bits per heavy atom. The Bertz CT molecular complexity index is 425. The molecule has 0 spiro atoms. The maximum atomic E-state index is 13.3. The monoisotopic (exact) mass is 267 g/mol. The van der Waals surface area contributed by atoms with Crippen LogP contribution in [-0.4, -0.2) is 24.9 Å². The highest BCUT2D eigenvalue weighted by molar-refractivity contribution is 5.31. The van der Waals surface area contributed by atoms with Crippen molar-refractivity contribution in [3.05, 3.63) is 29.6 Å². The largest absolute Gasteiger partial charge is 0.494 e. The van der Waals surface area contributed by atoms with Crippen molar-refractivity contribution in [2.75, 3.05) is 13.7 Å². The van der Waals surface area contributed by atoms with Crippen LogP contribution in [0.25, 0.3) is 0 Å². The molecule has 0 aliphatic heterocycles. The zero-order valence-electron chi connectivity index (χ0n) is 11.5. The molecular formula is C15H22FNO2. The van der Waals surface area contributed by atoms with Gasteiger partial charge in [-0.3, -0.25) is 0 Å². The van der Waals surface area contributed by atoms with E-state index in [1.54, 1.807) is 12.1 Å². The molecule has 0 aromatic heterocycles. The fourth-order valence-corrected chi connectivity index (χ4v) is 2.65. The molecule has 1 aliphatic rings. The number of rotatable bonds is 5.